The third-order valence-electron chi connectivity index (χ3n) is 4.83. The van der Waals surface area contributed by atoms with E-state index in [1.807, 2.05) is 36.2 Å². The van der Waals surface area contributed by atoms with Gasteiger partial charge in [0.15, 0.2) is 11.1 Å². The fraction of sp³-hybridized carbons (Fsp3) is 0.316. The standard InChI is InChI=1S/C19H19N5O2S2/c1-23-8-10-24(11-9-23)19-18(21-14-5-2-3-6-15(14)22-19)16(13-20)28(25,26)17-7-4-12-27-17/h2-7,12,16H,8-11H2,1H3/t16-/m1/s1. The topological polar surface area (TPSA) is 90.2 Å². The van der Waals surface area contributed by atoms with Gasteiger partial charge in [-0.05, 0) is 30.6 Å². The zero-order valence-electron chi connectivity index (χ0n) is 15.3. The third-order valence-corrected chi connectivity index (χ3v) is 8.13. The number of nitriles is 1. The molecule has 0 amide bonds. The molecule has 4 rings (SSSR count). The van der Waals surface area contributed by atoms with E-state index in [-0.39, 0.29) is 9.90 Å². The van der Waals surface area contributed by atoms with Gasteiger partial charge in [0.25, 0.3) is 0 Å². The molecule has 7 nitrogen and oxygen atoms in total. The Morgan fingerprint density at radius 1 is 1.07 bits per heavy atom. The Bertz CT molecular complexity index is 1130. The van der Waals surface area contributed by atoms with Crippen molar-refractivity contribution in [1.29, 1.82) is 5.26 Å². The van der Waals surface area contributed by atoms with E-state index >= 15 is 0 Å². The Morgan fingerprint density at radius 2 is 1.75 bits per heavy atom. The van der Waals surface area contributed by atoms with E-state index in [0.717, 1.165) is 24.4 Å². The maximum atomic E-state index is 13.1. The summed E-state index contributed by atoms with van der Waals surface area (Å²) in [5, 5.41) is 10.1. The summed E-state index contributed by atoms with van der Waals surface area (Å²) >= 11 is 1.11. The van der Waals surface area contributed by atoms with Crippen LogP contribution in [0.3, 0.4) is 0 Å². The van der Waals surface area contributed by atoms with Crippen molar-refractivity contribution in [2.75, 3.05) is 38.1 Å². The Hall–Kier alpha value is -2.54. The Kier molecular flexibility index (Phi) is 5.02. The number of sulfone groups is 1. The predicted molar refractivity (Wildman–Crippen MR) is 109 cm³/mol. The molecular formula is C19H19N5O2S2. The fourth-order valence-corrected chi connectivity index (χ4v) is 5.78. The number of nitrogens with zero attached hydrogens (tertiary/aromatic N) is 5. The summed E-state index contributed by atoms with van der Waals surface area (Å²) in [4.78, 5) is 13.6. The fourth-order valence-electron chi connectivity index (χ4n) is 3.25. The number of aromatic nitrogens is 2. The van der Waals surface area contributed by atoms with Gasteiger partial charge in [-0.15, -0.1) is 11.3 Å². The van der Waals surface area contributed by atoms with Crippen LogP contribution in [0.5, 0.6) is 0 Å². The smallest absolute Gasteiger partial charge is 0.209 e. The lowest BCUT2D eigenvalue weighted by molar-refractivity contribution is 0.312. The maximum Gasteiger partial charge on any atom is 0.209 e. The molecule has 1 saturated heterocycles. The molecule has 1 aliphatic rings. The number of fused-ring (bicyclic) bond motifs is 1. The highest BCUT2D eigenvalue weighted by atomic mass is 32.2. The van der Waals surface area contributed by atoms with Crippen LogP contribution in [0.2, 0.25) is 0 Å². The molecule has 1 aromatic carbocycles. The average molecular weight is 414 g/mol. The van der Waals surface area contributed by atoms with E-state index in [4.69, 9.17) is 4.98 Å². The number of rotatable bonds is 4. The van der Waals surface area contributed by atoms with Crippen LogP contribution < -0.4 is 4.90 Å². The monoisotopic (exact) mass is 413 g/mol. The first-order valence-electron chi connectivity index (χ1n) is 8.88. The predicted octanol–water partition coefficient (Wildman–Crippen LogP) is 2.48. The molecule has 0 radical (unpaired) electrons. The summed E-state index contributed by atoms with van der Waals surface area (Å²) in [6, 6.07) is 12.5. The lowest BCUT2D eigenvalue weighted by atomic mass is 10.2. The molecule has 144 valence electrons. The second-order valence-electron chi connectivity index (χ2n) is 6.70. The van der Waals surface area contributed by atoms with Gasteiger partial charge in [-0.3, -0.25) is 0 Å². The molecule has 0 aliphatic carbocycles. The number of benzene rings is 1. The summed E-state index contributed by atoms with van der Waals surface area (Å²) in [5.74, 6) is 0.485. The van der Waals surface area contributed by atoms with Gasteiger partial charge in [-0.1, -0.05) is 18.2 Å². The average Bonchev–Trinajstić information content (AvgIpc) is 3.24. The van der Waals surface area contributed by atoms with Crippen LogP contribution in [0.4, 0.5) is 5.82 Å². The van der Waals surface area contributed by atoms with Crippen LogP contribution in [0.15, 0.2) is 46.0 Å². The Balaban J connectivity index is 1.88. The molecule has 3 aromatic rings. The van der Waals surface area contributed by atoms with Gasteiger partial charge in [0.2, 0.25) is 9.84 Å². The van der Waals surface area contributed by atoms with Gasteiger partial charge in [0.05, 0.1) is 17.1 Å². The first-order valence-corrected chi connectivity index (χ1v) is 11.3. The molecule has 28 heavy (non-hydrogen) atoms. The Morgan fingerprint density at radius 3 is 2.36 bits per heavy atom. The van der Waals surface area contributed by atoms with Gasteiger partial charge >= 0.3 is 0 Å². The normalized spacial score (nSPS) is 16.8. The lowest BCUT2D eigenvalue weighted by Crippen LogP contribution is -2.45. The highest BCUT2D eigenvalue weighted by Crippen LogP contribution is 2.35. The van der Waals surface area contributed by atoms with Crippen LogP contribution in [-0.2, 0) is 9.84 Å². The molecule has 0 bridgehead atoms. The summed E-state index contributed by atoms with van der Waals surface area (Å²) in [5.41, 5.74) is 1.47. The number of likely N-dealkylation sites (N-methyl/N-ethyl adjacent to an activating group) is 1. The van der Waals surface area contributed by atoms with Crippen LogP contribution >= 0.6 is 11.3 Å². The highest BCUT2D eigenvalue weighted by molar-refractivity contribution is 7.93. The van der Waals surface area contributed by atoms with E-state index < -0.39 is 15.1 Å². The van der Waals surface area contributed by atoms with Gasteiger partial charge < -0.3 is 9.80 Å². The quantitative estimate of drug-likeness (QED) is 0.649. The molecule has 1 atom stereocenters. The molecule has 3 heterocycles. The van der Waals surface area contributed by atoms with E-state index in [1.165, 1.54) is 6.07 Å². The van der Waals surface area contributed by atoms with Crippen molar-refractivity contribution in [1.82, 2.24) is 14.9 Å². The van der Waals surface area contributed by atoms with E-state index in [2.05, 4.69) is 9.88 Å². The van der Waals surface area contributed by atoms with E-state index in [1.54, 1.807) is 17.5 Å². The zero-order chi connectivity index (χ0) is 19.7. The molecule has 1 aliphatic heterocycles. The molecular weight excluding hydrogens is 394 g/mol. The van der Waals surface area contributed by atoms with Gasteiger partial charge in [-0.2, -0.15) is 5.26 Å². The molecule has 0 N–H and O–H groups in total. The summed E-state index contributed by atoms with van der Waals surface area (Å²) in [6.07, 6.45) is 0. The first-order chi connectivity index (χ1) is 13.5. The largest absolute Gasteiger partial charge is 0.352 e. The van der Waals surface area contributed by atoms with Crippen molar-refractivity contribution < 1.29 is 8.42 Å². The van der Waals surface area contributed by atoms with Gasteiger partial charge in [-0.25, -0.2) is 18.4 Å². The number of anilines is 1. The van der Waals surface area contributed by atoms with E-state index in [9.17, 15) is 13.7 Å². The zero-order valence-corrected chi connectivity index (χ0v) is 16.9. The molecule has 0 spiro atoms. The molecule has 9 heteroatoms. The highest BCUT2D eigenvalue weighted by Gasteiger charge is 2.35. The van der Waals surface area contributed by atoms with Gasteiger partial charge in [0.1, 0.15) is 9.90 Å². The van der Waals surface area contributed by atoms with Crippen LogP contribution in [0.1, 0.15) is 10.9 Å². The number of hydrogen-bond acceptors (Lipinski definition) is 8. The molecule has 0 saturated carbocycles. The minimum atomic E-state index is -3.88. The second-order valence-corrected chi connectivity index (χ2v) is 9.91. The van der Waals surface area contributed by atoms with Crippen LogP contribution in [0.25, 0.3) is 11.0 Å². The number of hydrogen-bond donors (Lipinski definition) is 0. The van der Waals surface area contributed by atoms with E-state index in [0.29, 0.717) is 29.9 Å². The lowest BCUT2D eigenvalue weighted by Gasteiger charge is -2.34. The van der Waals surface area contributed by atoms with Crippen molar-refractivity contribution in [3.63, 3.8) is 0 Å². The van der Waals surface area contributed by atoms with Crippen molar-refractivity contribution in [2.24, 2.45) is 0 Å². The minimum absolute atomic E-state index is 0.165. The minimum Gasteiger partial charge on any atom is -0.352 e. The summed E-state index contributed by atoms with van der Waals surface area (Å²) in [7, 11) is -1.84. The van der Waals surface area contributed by atoms with Crippen LogP contribution in [0, 0.1) is 11.3 Å². The van der Waals surface area contributed by atoms with Crippen LogP contribution in [-0.4, -0.2) is 56.5 Å². The SMILES string of the molecule is CN1CCN(c2nc3ccccc3nc2[C@@H](C#N)S(=O)(=O)c2cccs2)CC1. The molecule has 1 fully saturated rings. The maximum absolute atomic E-state index is 13.1. The summed E-state index contributed by atoms with van der Waals surface area (Å²) in [6.45, 7) is 3.08. The third kappa shape index (κ3) is 3.35. The second kappa shape index (κ2) is 7.47. The van der Waals surface area contributed by atoms with Gasteiger partial charge in [0, 0.05) is 26.2 Å². The van der Waals surface area contributed by atoms with Crippen molar-refractivity contribution >= 4 is 38.0 Å². The number of thiophene rings is 1. The summed E-state index contributed by atoms with van der Waals surface area (Å²) < 4.78 is 26.4. The number of para-hydroxylation sites is 2. The molecule has 2 aromatic heterocycles. The molecule has 0 unspecified atom stereocenters. The van der Waals surface area contributed by atoms with Crippen molar-refractivity contribution in [2.45, 2.75) is 9.46 Å². The number of piperazine rings is 1. The Labute approximate surface area is 167 Å². The first kappa shape index (κ1) is 18.8. The van der Waals surface area contributed by atoms with Crippen molar-refractivity contribution in [3.05, 3.63) is 47.5 Å². The van der Waals surface area contributed by atoms with Crippen molar-refractivity contribution in [3.8, 4) is 6.07 Å².